The fourth-order valence-corrected chi connectivity index (χ4v) is 1.35. The molecule has 0 atom stereocenters. The summed E-state index contributed by atoms with van der Waals surface area (Å²) in [6.45, 7) is 2.12. The Hall–Kier alpha value is -1.65. The van der Waals surface area contributed by atoms with Crippen molar-refractivity contribution in [2.45, 2.75) is 19.8 Å². The number of hydrogen-bond acceptors (Lipinski definition) is 3. The van der Waals surface area contributed by atoms with Gasteiger partial charge in [-0.25, -0.2) is 4.98 Å². The topological polar surface area (TPSA) is 59.4 Å². The van der Waals surface area contributed by atoms with Crippen molar-refractivity contribution in [2.24, 2.45) is 7.05 Å². The van der Waals surface area contributed by atoms with Gasteiger partial charge in [0.1, 0.15) is 11.5 Å². The van der Waals surface area contributed by atoms with Gasteiger partial charge in [0, 0.05) is 19.7 Å². The average molecular weight is 191 g/mol. The van der Waals surface area contributed by atoms with Crippen LogP contribution in [-0.4, -0.2) is 25.0 Å². The molecule has 1 N–H and O–H groups in total. The van der Waals surface area contributed by atoms with Crippen molar-refractivity contribution < 1.29 is 0 Å². The van der Waals surface area contributed by atoms with Crippen LogP contribution >= 0.6 is 0 Å². The zero-order valence-corrected chi connectivity index (χ0v) is 8.36. The van der Waals surface area contributed by atoms with Crippen molar-refractivity contribution in [3.8, 4) is 11.5 Å². The van der Waals surface area contributed by atoms with Crippen LogP contribution in [0, 0.1) is 0 Å². The molecular formula is C9H13N5. The molecule has 0 spiro atoms. The van der Waals surface area contributed by atoms with Crippen LogP contribution in [0.2, 0.25) is 0 Å². The maximum atomic E-state index is 4.38. The minimum absolute atomic E-state index is 0.716. The zero-order valence-electron chi connectivity index (χ0n) is 8.36. The molecule has 5 heteroatoms. The Morgan fingerprint density at radius 2 is 2.36 bits per heavy atom. The summed E-state index contributed by atoms with van der Waals surface area (Å²) in [5.74, 6) is 1.65. The summed E-state index contributed by atoms with van der Waals surface area (Å²) >= 11 is 0. The van der Waals surface area contributed by atoms with Crippen LogP contribution in [0.5, 0.6) is 0 Å². The van der Waals surface area contributed by atoms with E-state index in [0.717, 1.165) is 24.4 Å². The highest BCUT2D eigenvalue weighted by Crippen LogP contribution is 2.12. The maximum absolute atomic E-state index is 4.38. The van der Waals surface area contributed by atoms with Crippen molar-refractivity contribution in [2.75, 3.05) is 0 Å². The number of rotatable bonds is 3. The van der Waals surface area contributed by atoms with Crippen LogP contribution in [-0.2, 0) is 13.5 Å². The summed E-state index contributed by atoms with van der Waals surface area (Å²) in [5, 5.41) is 11.1. The Morgan fingerprint density at radius 1 is 1.50 bits per heavy atom. The summed E-state index contributed by atoms with van der Waals surface area (Å²) in [5.41, 5.74) is 0.934. The molecule has 0 saturated carbocycles. The van der Waals surface area contributed by atoms with Crippen molar-refractivity contribution in [1.29, 1.82) is 0 Å². The van der Waals surface area contributed by atoms with Crippen LogP contribution in [0.15, 0.2) is 12.3 Å². The average Bonchev–Trinajstić information content (AvgIpc) is 2.74. The van der Waals surface area contributed by atoms with Crippen LogP contribution in [0.1, 0.15) is 19.2 Å². The van der Waals surface area contributed by atoms with Crippen LogP contribution in [0.25, 0.3) is 11.5 Å². The number of aromatic amines is 1. The molecule has 2 aromatic rings. The molecule has 0 amide bonds. The molecule has 14 heavy (non-hydrogen) atoms. The third-order valence-electron chi connectivity index (χ3n) is 2.07. The van der Waals surface area contributed by atoms with E-state index in [-0.39, 0.29) is 0 Å². The van der Waals surface area contributed by atoms with E-state index >= 15 is 0 Å². The van der Waals surface area contributed by atoms with Gasteiger partial charge in [-0.2, -0.15) is 10.2 Å². The molecule has 0 saturated heterocycles. The van der Waals surface area contributed by atoms with E-state index in [1.54, 1.807) is 10.9 Å². The first-order chi connectivity index (χ1) is 6.81. The van der Waals surface area contributed by atoms with Gasteiger partial charge in [0.05, 0.1) is 0 Å². The zero-order chi connectivity index (χ0) is 9.97. The van der Waals surface area contributed by atoms with Gasteiger partial charge in [0.25, 0.3) is 0 Å². The number of aryl methyl sites for hydroxylation is 2. The fraction of sp³-hybridized carbons (Fsp3) is 0.444. The van der Waals surface area contributed by atoms with Gasteiger partial charge in [0.15, 0.2) is 5.82 Å². The van der Waals surface area contributed by atoms with E-state index in [1.807, 2.05) is 13.1 Å². The summed E-state index contributed by atoms with van der Waals surface area (Å²) in [6.07, 6.45) is 3.75. The summed E-state index contributed by atoms with van der Waals surface area (Å²) in [7, 11) is 1.88. The minimum atomic E-state index is 0.716. The second-order valence-electron chi connectivity index (χ2n) is 3.20. The maximum Gasteiger partial charge on any atom is 0.199 e. The third-order valence-corrected chi connectivity index (χ3v) is 2.07. The number of H-pyrrole nitrogens is 1. The Balaban J connectivity index is 2.29. The van der Waals surface area contributed by atoms with Crippen molar-refractivity contribution in [1.82, 2.24) is 25.0 Å². The lowest BCUT2D eigenvalue weighted by molar-refractivity contribution is 0.770. The van der Waals surface area contributed by atoms with E-state index in [2.05, 4.69) is 27.2 Å². The van der Waals surface area contributed by atoms with Crippen LogP contribution in [0.3, 0.4) is 0 Å². The van der Waals surface area contributed by atoms with Gasteiger partial charge in [-0.15, -0.1) is 0 Å². The van der Waals surface area contributed by atoms with E-state index in [0.29, 0.717) is 5.82 Å². The monoisotopic (exact) mass is 191 g/mol. The van der Waals surface area contributed by atoms with E-state index in [4.69, 9.17) is 0 Å². The van der Waals surface area contributed by atoms with E-state index in [9.17, 15) is 0 Å². The molecule has 0 radical (unpaired) electrons. The molecular weight excluding hydrogens is 178 g/mol. The van der Waals surface area contributed by atoms with Crippen molar-refractivity contribution >= 4 is 0 Å². The lowest BCUT2D eigenvalue weighted by atomic mass is 10.3. The molecule has 2 heterocycles. The Morgan fingerprint density at radius 3 is 3.00 bits per heavy atom. The lowest BCUT2D eigenvalue weighted by Crippen LogP contribution is -1.94. The Labute approximate surface area is 82.2 Å². The second-order valence-corrected chi connectivity index (χ2v) is 3.20. The number of hydrogen-bond donors (Lipinski definition) is 1. The first-order valence-electron chi connectivity index (χ1n) is 4.71. The third kappa shape index (κ3) is 1.53. The molecule has 0 fully saturated rings. The molecule has 0 aliphatic rings. The Bertz CT molecular complexity index is 414. The largest absolute Gasteiger partial charge is 0.265 e. The highest BCUT2D eigenvalue weighted by atomic mass is 15.3. The van der Waals surface area contributed by atoms with Gasteiger partial charge in [0.2, 0.25) is 0 Å². The molecule has 0 aromatic carbocycles. The minimum Gasteiger partial charge on any atom is -0.265 e. The van der Waals surface area contributed by atoms with E-state index < -0.39 is 0 Å². The first kappa shape index (κ1) is 8.93. The normalized spacial score (nSPS) is 10.7. The summed E-state index contributed by atoms with van der Waals surface area (Å²) in [4.78, 5) is 4.38. The molecule has 0 aliphatic heterocycles. The van der Waals surface area contributed by atoms with Crippen LogP contribution < -0.4 is 0 Å². The van der Waals surface area contributed by atoms with Crippen molar-refractivity contribution in [3.05, 3.63) is 18.1 Å². The summed E-state index contributed by atoms with van der Waals surface area (Å²) < 4.78 is 1.76. The van der Waals surface area contributed by atoms with Gasteiger partial charge in [-0.05, 0) is 12.5 Å². The quantitative estimate of drug-likeness (QED) is 0.791. The molecule has 0 aliphatic carbocycles. The van der Waals surface area contributed by atoms with E-state index in [1.165, 1.54) is 0 Å². The SMILES string of the molecule is CCCc1nc(-c2ccnn2C)n[nH]1. The first-order valence-corrected chi connectivity index (χ1v) is 4.71. The predicted octanol–water partition coefficient (Wildman–Crippen LogP) is 1.16. The fourth-order valence-electron chi connectivity index (χ4n) is 1.35. The molecule has 0 bridgehead atoms. The Kier molecular flexibility index (Phi) is 2.30. The number of nitrogens with zero attached hydrogens (tertiary/aromatic N) is 4. The highest BCUT2D eigenvalue weighted by molar-refractivity contribution is 5.47. The van der Waals surface area contributed by atoms with Gasteiger partial charge >= 0.3 is 0 Å². The number of nitrogens with one attached hydrogen (secondary N) is 1. The van der Waals surface area contributed by atoms with Gasteiger partial charge in [-0.3, -0.25) is 9.78 Å². The number of aromatic nitrogens is 5. The molecule has 5 nitrogen and oxygen atoms in total. The molecule has 2 aromatic heterocycles. The van der Waals surface area contributed by atoms with Crippen molar-refractivity contribution in [3.63, 3.8) is 0 Å². The standard InChI is InChI=1S/C9H13N5/c1-3-4-8-11-9(13-12-8)7-5-6-10-14(7)2/h5-6H,3-4H2,1-2H3,(H,11,12,13). The second kappa shape index (κ2) is 3.61. The highest BCUT2D eigenvalue weighted by Gasteiger charge is 2.08. The molecule has 74 valence electrons. The van der Waals surface area contributed by atoms with Gasteiger partial charge in [-0.1, -0.05) is 6.92 Å². The molecule has 2 rings (SSSR count). The smallest absolute Gasteiger partial charge is 0.199 e. The summed E-state index contributed by atoms with van der Waals surface area (Å²) in [6, 6.07) is 1.90. The predicted molar refractivity (Wildman–Crippen MR) is 52.6 cm³/mol. The van der Waals surface area contributed by atoms with Crippen LogP contribution in [0.4, 0.5) is 0 Å². The lowest BCUT2D eigenvalue weighted by Gasteiger charge is -1.93. The molecule has 0 unspecified atom stereocenters. The van der Waals surface area contributed by atoms with Gasteiger partial charge < -0.3 is 0 Å².